The number of cyclic esters (lactones) is 1. The summed E-state index contributed by atoms with van der Waals surface area (Å²) in [5.41, 5.74) is 7.63. The maximum absolute atomic E-state index is 16.4. The third kappa shape index (κ3) is 7.50. The first-order chi connectivity index (χ1) is 24.1. The quantitative estimate of drug-likeness (QED) is 0.168. The van der Waals surface area contributed by atoms with Gasteiger partial charge in [-0.1, -0.05) is 56.0 Å². The number of anilines is 2. The number of hydrogen-bond acceptors (Lipinski definition) is 5. The number of hydrogen-bond donors (Lipinski definition) is 1. The molecule has 1 aliphatic heterocycles. The zero-order valence-corrected chi connectivity index (χ0v) is 29.4. The number of aromatic carboxylic acids is 1. The number of carboxylic acids is 1. The van der Waals surface area contributed by atoms with Crippen LogP contribution in [-0.4, -0.2) is 36.4 Å². The van der Waals surface area contributed by atoms with Crippen LogP contribution < -0.4 is 14.5 Å². The minimum atomic E-state index is -0.975. The second kappa shape index (κ2) is 15.4. The molecular weight excluding hydrogens is 655 g/mol. The van der Waals surface area contributed by atoms with Crippen LogP contribution in [-0.2, 0) is 11.3 Å². The van der Waals surface area contributed by atoms with E-state index in [1.807, 2.05) is 62.4 Å². The molecule has 1 N–H and O–H groups in total. The lowest BCUT2D eigenvalue weighted by atomic mass is 9.90. The molecule has 1 heterocycles. The van der Waals surface area contributed by atoms with Crippen LogP contribution in [0, 0.1) is 12.7 Å². The summed E-state index contributed by atoms with van der Waals surface area (Å²) in [5, 5.41) is 10.3. The highest BCUT2D eigenvalue weighted by atomic mass is 35.5. The molecule has 0 radical (unpaired) electrons. The number of carbonyl (C=O) groups excluding carboxylic acids is 1. The van der Waals surface area contributed by atoms with E-state index in [4.69, 9.17) is 21.1 Å². The predicted molar refractivity (Wildman–Crippen MR) is 197 cm³/mol. The van der Waals surface area contributed by atoms with E-state index in [9.17, 15) is 14.7 Å². The Labute approximate surface area is 297 Å². The highest BCUT2D eigenvalue weighted by molar-refractivity contribution is 6.30. The number of benzene rings is 4. The zero-order valence-electron chi connectivity index (χ0n) is 28.7. The van der Waals surface area contributed by atoms with E-state index < -0.39 is 17.9 Å². The van der Waals surface area contributed by atoms with E-state index >= 15 is 4.39 Å². The van der Waals surface area contributed by atoms with Gasteiger partial charge in [0.15, 0.2) is 0 Å². The number of ether oxygens (including phenoxy) is 2. The maximum Gasteiger partial charge on any atom is 0.414 e. The van der Waals surface area contributed by atoms with Crippen LogP contribution >= 0.6 is 11.6 Å². The van der Waals surface area contributed by atoms with Gasteiger partial charge in [-0.2, -0.15) is 0 Å². The van der Waals surface area contributed by atoms with Gasteiger partial charge < -0.3 is 19.5 Å². The summed E-state index contributed by atoms with van der Waals surface area (Å²) >= 11 is 6.16. The highest BCUT2D eigenvalue weighted by Gasteiger charge is 2.30. The topological polar surface area (TPSA) is 79.3 Å². The summed E-state index contributed by atoms with van der Waals surface area (Å²) in [6, 6.07) is 23.6. The van der Waals surface area contributed by atoms with Gasteiger partial charge in [0.25, 0.3) is 0 Å². The standard InChI is InChI=1S/C41H42ClFN2O5/c1-4-26(2)39(45(32-8-6-5-7-9-32)38-19-12-29(40(46)47)22-27(38)3)36-18-16-34(24-37(36)43)50-25-30-23-33(44-20-21-49-41(44)48)15-17-35(30)28-10-13-31(42)14-11-28/h10-19,22-24,32H,4-9,20-21,25H2,1-3H3,(H,46,47). The van der Waals surface area contributed by atoms with E-state index in [0.717, 1.165) is 77.7 Å². The van der Waals surface area contributed by atoms with Crippen LogP contribution in [0.3, 0.4) is 0 Å². The molecule has 50 heavy (non-hydrogen) atoms. The van der Waals surface area contributed by atoms with Crippen molar-refractivity contribution in [3.63, 3.8) is 0 Å². The minimum absolute atomic E-state index is 0.132. The fraction of sp³-hybridized carbons (Fsp3) is 0.317. The van der Waals surface area contributed by atoms with Gasteiger partial charge in [-0.3, -0.25) is 4.90 Å². The summed E-state index contributed by atoms with van der Waals surface area (Å²) in [4.78, 5) is 27.9. The van der Waals surface area contributed by atoms with Crippen molar-refractivity contribution in [1.29, 1.82) is 0 Å². The van der Waals surface area contributed by atoms with Crippen LogP contribution in [0.25, 0.3) is 16.8 Å². The van der Waals surface area contributed by atoms with Crippen molar-refractivity contribution in [3.8, 4) is 16.9 Å². The second-order valence-electron chi connectivity index (χ2n) is 13.0. The molecule has 0 atom stereocenters. The number of carbonyl (C=O) groups is 2. The van der Waals surface area contributed by atoms with E-state index in [0.29, 0.717) is 35.2 Å². The molecular formula is C41H42ClFN2O5. The van der Waals surface area contributed by atoms with Gasteiger partial charge >= 0.3 is 12.1 Å². The molecule has 260 valence electrons. The third-order valence-corrected chi connectivity index (χ3v) is 9.98. The SMILES string of the molecule is CCC(C)=C(c1ccc(OCc2cc(N3CCOC3=O)ccc2-c2ccc(Cl)cc2)cc1F)N(c1ccc(C(=O)O)cc1C)C1CCCCC1. The Morgan fingerprint density at radius 1 is 1.02 bits per heavy atom. The number of amides is 1. The molecule has 7 nitrogen and oxygen atoms in total. The molecule has 2 fully saturated rings. The Morgan fingerprint density at radius 2 is 1.78 bits per heavy atom. The van der Waals surface area contributed by atoms with E-state index in [-0.39, 0.29) is 18.2 Å². The molecule has 0 unspecified atom stereocenters. The fourth-order valence-electron chi connectivity index (χ4n) is 6.98. The molecule has 4 aromatic rings. The molecule has 1 amide bonds. The number of aryl methyl sites for hydroxylation is 1. The Hall–Kier alpha value is -4.82. The monoisotopic (exact) mass is 696 g/mol. The molecule has 2 aliphatic rings. The van der Waals surface area contributed by atoms with Gasteiger partial charge in [-0.25, -0.2) is 14.0 Å². The van der Waals surface area contributed by atoms with Gasteiger partial charge in [0.05, 0.1) is 17.8 Å². The van der Waals surface area contributed by atoms with Crippen LogP contribution in [0.4, 0.5) is 20.6 Å². The lowest BCUT2D eigenvalue weighted by molar-refractivity contribution is 0.0696. The molecule has 0 spiro atoms. The first kappa shape index (κ1) is 35.0. The fourth-order valence-corrected chi connectivity index (χ4v) is 7.10. The number of halogens is 2. The molecule has 1 aliphatic carbocycles. The summed E-state index contributed by atoms with van der Waals surface area (Å²) in [7, 11) is 0. The molecule has 0 aromatic heterocycles. The summed E-state index contributed by atoms with van der Waals surface area (Å²) in [6.07, 6.45) is 5.59. The van der Waals surface area contributed by atoms with Crippen LogP contribution in [0.2, 0.25) is 5.02 Å². The van der Waals surface area contributed by atoms with Crippen molar-refractivity contribution in [2.24, 2.45) is 0 Å². The Bertz CT molecular complexity index is 1920. The average molecular weight is 697 g/mol. The van der Waals surface area contributed by atoms with E-state index in [2.05, 4.69) is 11.8 Å². The van der Waals surface area contributed by atoms with Crippen LogP contribution in [0.5, 0.6) is 5.75 Å². The third-order valence-electron chi connectivity index (χ3n) is 9.73. The van der Waals surface area contributed by atoms with E-state index in [1.54, 1.807) is 29.2 Å². The van der Waals surface area contributed by atoms with Crippen molar-refractivity contribution < 1.29 is 28.6 Å². The smallest absolute Gasteiger partial charge is 0.414 e. The number of rotatable bonds is 11. The zero-order chi connectivity index (χ0) is 35.4. The number of carboxylic acid groups (broad SMARTS) is 1. The van der Waals surface area contributed by atoms with E-state index in [1.165, 1.54) is 6.07 Å². The highest BCUT2D eigenvalue weighted by Crippen LogP contribution is 2.40. The van der Waals surface area contributed by atoms with Gasteiger partial charge in [0, 0.05) is 34.1 Å². The van der Waals surface area contributed by atoms with Gasteiger partial charge in [0.1, 0.15) is 24.8 Å². The lowest BCUT2D eigenvalue weighted by Gasteiger charge is -2.40. The largest absolute Gasteiger partial charge is 0.489 e. The summed E-state index contributed by atoms with van der Waals surface area (Å²) in [5.74, 6) is -1.01. The predicted octanol–water partition coefficient (Wildman–Crippen LogP) is 10.7. The lowest BCUT2D eigenvalue weighted by Crippen LogP contribution is -2.37. The molecule has 1 saturated heterocycles. The van der Waals surface area contributed by atoms with Crippen molar-refractivity contribution in [3.05, 3.63) is 118 Å². The van der Waals surface area contributed by atoms with Crippen molar-refractivity contribution >= 4 is 40.7 Å². The molecule has 9 heteroatoms. The Morgan fingerprint density at radius 3 is 2.42 bits per heavy atom. The first-order valence-corrected chi connectivity index (χ1v) is 17.6. The Kier molecular flexibility index (Phi) is 10.8. The summed E-state index contributed by atoms with van der Waals surface area (Å²) < 4.78 is 27.9. The van der Waals surface area contributed by atoms with Crippen molar-refractivity contribution in [2.75, 3.05) is 23.0 Å². The van der Waals surface area contributed by atoms with Crippen molar-refractivity contribution in [2.45, 2.75) is 71.9 Å². The molecule has 4 aromatic carbocycles. The van der Waals surface area contributed by atoms with Gasteiger partial charge in [-0.15, -0.1) is 0 Å². The first-order valence-electron chi connectivity index (χ1n) is 17.2. The maximum atomic E-state index is 16.4. The van der Waals surface area contributed by atoms with Gasteiger partial charge in [-0.05, 0) is 116 Å². The average Bonchev–Trinajstić information content (AvgIpc) is 3.56. The number of allylic oxidation sites excluding steroid dienone is 1. The molecule has 1 saturated carbocycles. The van der Waals surface area contributed by atoms with Gasteiger partial charge in [0.2, 0.25) is 0 Å². The number of nitrogens with zero attached hydrogens (tertiary/aromatic N) is 2. The molecule has 0 bridgehead atoms. The Balaban J connectivity index is 1.34. The van der Waals surface area contributed by atoms with Crippen LogP contribution in [0.15, 0.2) is 84.4 Å². The molecule has 6 rings (SSSR count). The minimum Gasteiger partial charge on any atom is -0.489 e. The normalized spacial score (nSPS) is 15.5. The second-order valence-corrected chi connectivity index (χ2v) is 13.4. The van der Waals surface area contributed by atoms with Crippen LogP contribution in [0.1, 0.15) is 79.4 Å². The summed E-state index contributed by atoms with van der Waals surface area (Å²) in [6.45, 7) is 6.95. The van der Waals surface area contributed by atoms with Crippen molar-refractivity contribution in [1.82, 2.24) is 0 Å².